The fourth-order valence-corrected chi connectivity index (χ4v) is 1.88. The van der Waals surface area contributed by atoms with Crippen molar-refractivity contribution in [2.75, 3.05) is 13.1 Å². The molecule has 0 spiro atoms. The van der Waals surface area contributed by atoms with Crippen LogP contribution in [0.5, 0.6) is 0 Å². The topological polar surface area (TPSA) is 56.1 Å². The van der Waals surface area contributed by atoms with Crippen LogP contribution in [0.2, 0.25) is 0 Å². The monoisotopic (exact) mass is 249 g/mol. The van der Waals surface area contributed by atoms with Crippen molar-refractivity contribution in [1.82, 2.24) is 10.2 Å². The molecule has 1 saturated heterocycles. The molecule has 0 saturated carbocycles. The van der Waals surface area contributed by atoms with Gasteiger partial charge in [-0.1, -0.05) is 13.8 Å². The summed E-state index contributed by atoms with van der Waals surface area (Å²) in [5.74, 6) is 0.486. The number of carbonyl (C=O) groups is 1. The fraction of sp³-hybridized carbons (Fsp3) is 0.714. The lowest BCUT2D eigenvalue weighted by Crippen LogP contribution is -2.34. The molecule has 18 heavy (non-hydrogen) atoms. The van der Waals surface area contributed by atoms with Gasteiger partial charge in [0.2, 0.25) is 0 Å². The summed E-state index contributed by atoms with van der Waals surface area (Å²) < 4.78 is 0. The van der Waals surface area contributed by atoms with E-state index >= 15 is 0 Å². The van der Waals surface area contributed by atoms with Crippen LogP contribution in [0.25, 0.3) is 0 Å². The molecule has 0 bridgehead atoms. The van der Waals surface area contributed by atoms with Gasteiger partial charge in [0.15, 0.2) is 0 Å². The summed E-state index contributed by atoms with van der Waals surface area (Å²) >= 11 is 0. The van der Waals surface area contributed by atoms with E-state index in [0.29, 0.717) is 0 Å². The maximum atomic E-state index is 11.9. The van der Waals surface area contributed by atoms with Crippen LogP contribution in [0.3, 0.4) is 0 Å². The molecule has 4 heteroatoms. The molecule has 1 fully saturated rings. The molecule has 1 rings (SSSR count). The lowest BCUT2D eigenvalue weighted by atomic mass is 9.99. The van der Waals surface area contributed by atoms with Gasteiger partial charge in [-0.15, -0.1) is 0 Å². The predicted octanol–water partition coefficient (Wildman–Crippen LogP) is 2.04. The number of hydrogen-bond donors (Lipinski definition) is 1. The molecule has 1 unspecified atom stereocenters. The molecule has 0 aromatic carbocycles. The Labute approximate surface area is 110 Å². The first kappa shape index (κ1) is 14.6. The number of likely N-dealkylation sites (tertiary alicyclic amines) is 1. The van der Waals surface area contributed by atoms with E-state index in [4.69, 9.17) is 5.26 Å². The zero-order valence-electron chi connectivity index (χ0n) is 11.6. The third kappa shape index (κ3) is 4.40. The maximum absolute atomic E-state index is 11.9. The molecule has 1 aliphatic rings. The van der Waals surface area contributed by atoms with Crippen molar-refractivity contribution in [3.05, 3.63) is 11.8 Å². The summed E-state index contributed by atoms with van der Waals surface area (Å²) in [7, 11) is 0. The molecule has 0 aliphatic carbocycles. The van der Waals surface area contributed by atoms with Crippen LogP contribution in [0.15, 0.2) is 11.8 Å². The van der Waals surface area contributed by atoms with Gasteiger partial charge < -0.3 is 10.2 Å². The summed E-state index contributed by atoms with van der Waals surface area (Å²) in [6.07, 6.45) is 4.83. The second kappa shape index (κ2) is 7.05. The number of nitriles is 1. The molecule has 0 aromatic rings. The van der Waals surface area contributed by atoms with Crippen molar-refractivity contribution in [3.8, 4) is 6.07 Å². The number of carbonyl (C=O) groups excluding carboxylic acids is 1. The molecule has 1 atom stereocenters. The van der Waals surface area contributed by atoms with Gasteiger partial charge in [0, 0.05) is 25.3 Å². The smallest absolute Gasteiger partial charge is 0.263 e. The number of piperidine rings is 1. The molecule has 4 nitrogen and oxygen atoms in total. The Morgan fingerprint density at radius 2 is 2.17 bits per heavy atom. The van der Waals surface area contributed by atoms with Crippen molar-refractivity contribution in [3.63, 3.8) is 0 Å². The van der Waals surface area contributed by atoms with Gasteiger partial charge in [-0.25, -0.2) is 0 Å². The largest absolute Gasteiger partial charge is 0.376 e. The highest BCUT2D eigenvalue weighted by atomic mass is 16.1. The van der Waals surface area contributed by atoms with Gasteiger partial charge in [0.25, 0.3) is 5.91 Å². The predicted molar refractivity (Wildman–Crippen MR) is 71.6 cm³/mol. The highest BCUT2D eigenvalue weighted by molar-refractivity contribution is 5.97. The Morgan fingerprint density at radius 1 is 1.56 bits per heavy atom. The number of rotatable bonds is 4. The van der Waals surface area contributed by atoms with Crippen molar-refractivity contribution < 1.29 is 4.79 Å². The molecule has 100 valence electrons. The van der Waals surface area contributed by atoms with Gasteiger partial charge in [-0.05, 0) is 32.1 Å². The molecule has 1 heterocycles. The van der Waals surface area contributed by atoms with Crippen LogP contribution in [0.4, 0.5) is 0 Å². The van der Waals surface area contributed by atoms with Gasteiger partial charge in [-0.3, -0.25) is 4.79 Å². The van der Waals surface area contributed by atoms with Crippen molar-refractivity contribution in [1.29, 1.82) is 5.26 Å². The lowest BCUT2D eigenvalue weighted by Gasteiger charge is -2.29. The quantitative estimate of drug-likeness (QED) is 0.613. The summed E-state index contributed by atoms with van der Waals surface area (Å²) in [5, 5.41) is 11.9. The van der Waals surface area contributed by atoms with E-state index in [0.717, 1.165) is 38.3 Å². The van der Waals surface area contributed by atoms with Gasteiger partial charge in [0.05, 0.1) is 0 Å². The lowest BCUT2D eigenvalue weighted by molar-refractivity contribution is -0.117. The Hall–Kier alpha value is -1.50. The molecule has 1 amide bonds. The Morgan fingerprint density at radius 3 is 2.67 bits per heavy atom. The normalized spacial score (nSPS) is 19.2. The van der Waals surface area contributed by atoms with Crippen LogP contribution in [0, 0.1) is 17.2 Å². The molecule has 1 N–H and O–H groups in total. The molecular formula is C14H23N3O. The van der Waals surface area contributed by atoms with E-state index < -0.39 is 0 Å². The number of hydrogen-bond acceptors (Lipinski definition) is 3. The molecule has 0 radical (unpaired) electrons. The van der Waals surface area contributed by atoms with Gasteiger partial charge in [-0.2, -0.15) is 5.26 Å². The first-order chi connectivity index (χ1) is 8.56. The Bertz CT molecular complexity index is 349. The molecule has 1 aliphatic heterocycles. The average molecular weight is 249 g/mol. The average Bonchev–Trinajstić information content (AvgIpc) is 2.37. The third-order valence-corrected chi connectivity index (χ3v) is 3.48. The maximum Gasteiger partial charge on any atom is 0.263 e. The van der Waals surface area contributed by atoms with Crippen LogP contribution in [0.1, 0.15) is 40.0 Å². The second-order valence-corrected chi connectivity index (χ2v) is 5.16. The van der Waals surface area contributed by atoms with Gasteiger partial charge >= 0.3 is 0 Å². The van der Waals surface area contributed by atoms with Crippen LogP contribution < -0.4 is 5.32 Å². The van der Waals surface area contributed by atoms with Gasteiger partial charge in [0.1, 0.15) is 11.6 Å². The highest BCUT2D eigenvalue weighted by Gasteiger charge is 2.16. The minimum absolute atomic E-state index is 0.107. The van der Waals surface area contributed by atoms with E-state index in [1.807, 2.05) is 19.9 Å². The van der Waals surface area contributed by atoms with Crippen LogP contribution in [-0.2, 0) is 4.79 Å². The summed E-state index contributed by atoms with van der Waals surface area (Å²) in [4.78, 5) is 13.9. The zero-order valence-corrected chi connectivity index (χ0v) is 11.6. The van der Waals surface area contributed by atoms with E-state index in [-0.39, 0.29) is 17.5 Å². The fourth-order valence-electron chi connectivity index (χ4n) is 1.88. The van der Waals surface area contributed by atoms with E-state index in [1.165, 1.54) is 0 Å². The standard InChI is InChI=1S/C14H23N3O/c1-4-12(3)16-14(18)13(9-15)10-17-7-5-11(2)6-8-17/h10-12H,4-8H2,1-3H3,(H,16,18)/b13-10-. The molecule has 0 aromatic heterocycles. The van der Waals surface area contributed by atoms with E-state index in [2.05, 4.69) is 17.1 Å². The first-order valence-electron chi connectivity index (χ1n) is 6.73. The highest BCUT2D eigenvalue weighted by Crippen LogP contribution is 2.16. The number of nitrogens with one attached hydrogen (secondary N) is 1. The summed E-state index contributed by atoms with van der Waals surface area (Å²) in [6.45, 7) is 8.05. The SMILES string of the molecule is CCC(C)NC(=O)/C(C#N)=C\N1CCC(C)CC1. The van der Waals surface area contributed by atoms with Crippen molar-refractivity contribution in [2.24, 2.45) is 5.92 Å². The third-order valence-electron chi connectivity index (χ3n) is 3.48. The Balaban J connectivity index is 2.60. The minimum Gasteiger partial charge on any atom is -0.376 e. The summed E-state index contributed by atoms with van der Waals surface area (Å²) in [6, 6.07) is 2.10. The van der Waals surface area contributed by atoms with Crippen molar-refractivity contribution >= 4 is 5.91 Å². The summed E-state index contributed by atoms with van der Waals surface area (Å²) in [5.41, 5.74) is 0.213. The molecular weight excluding hydrogens is 226 g/mol. The van der Waals surface area contributed by atoms with E-state index in [9.17, 15) is 4.79 Å². The van der Waals surface area contributed by atoms with Crippen molar-refractivity contribution in [2.45, 2.75) is 46.1 Å². The second-order valence-electron chi connectivity index (χ2n) is 5.16. The van der Waals surface area contributed by atoms with Crippen LogP contribution >= 0.6 is 0 Å². The number of nitrogens with zero attached hydrogens (tertiary/aromatic N) is 2. The first-order valence-corrected chi connectivity index (χ1v) is 6.73. The minimum atomic E-state index is -0.259. The number of amides is 1. The van der Waals surface area contributed by atoms with Crippen LogP contribution in [-0.4, -0.2) is 29.9 Å². The zero-order chi connectivity index (χ0) is 13.5. The Kier molecular flexibility index (Phi) is 5.70. The van der Waals surface area contributed by atoms with E-state index in [1.54, 1.807) is 6.20 Å².